The molecule has 1 N–H and O–H groups in total. The van der Waals surface area contributed by atoms with Crippen LogP contribution in [-0.2, 0) is 5.41 Å². The van der Waals surface area contributed by atoms with Gasteiger partial charge in [-0.1, -0.05) is 13.3 Å². The lowest BCUT2D eigenvalue weighted by atomic mass is 9.65. The predicted molar refractivity (Wildman–Crippen MR) is 147 cm³/mol. The predicted octanol–water partition coefficient (Wildman–Crippen LogP) is 4.44. The summed E-state index contributed by atoms with van der Waals surface area (Å²) in [6.07, 6.45) is 6.35. The molecule has 3 aliphatic heterocycles. The highest BCUT2D eigenvalue weighted by Gasteiger charge is 2.51. The molecule has 8 nitrogen and oxygen atoms in total. The van der Waals surface area contributed by atoms with Crippen molar-refractivity contribution in [3.63, 3.8) is 0 Å². The van der Waals surface area contributed by atoms with Crippen LogP contribution in [0.1, 0.15) is 47.0 Å². The van der Waals surface area contributed by atoms with Crippen molar-refractivity contribution in [3.8, 4) is 10.6 Å². The fourth-order valence-corrected chi connectivity index (χ4v) is 8.29. The molecule has 1 saturated carbocycles. The molecule has 3 aromatic rings. The van der Waals surface area contributed by atoms with E-state index in [1.165, 1.54) is 30.6 Å². The first-order valence-electron chi connectivity index (χ1n) is 13.4. The minimum atomic E-state index is -0.492. The number of nitrogens with zero attached hydrogens (tertiary/aromatic N) is 6. The van der Waals surface area contributed by atoms with Crippen LogP contribution in [0.2, 0.25) is 0 Å². The normalized spacial score (nSPS) is 21.2. The van der Waals surface area contributed by atoms with E-state index >= 15 is 4.39 Å². The van der Waals surface area contributed by atoms with E-state index in [1.807, 2.05) is 31.1 Å². The van der Waals surface area contributed by atoms with Gasteiger partial charge in [0.05, 0.1) is 28.5 Å². The van der Waals surface area contributed by atoms with Gasteiger partial charge in [-0.05, 0) is 44.0 Å². The molecule has 0 atom stereocenters. The Balaban J connectivity index is 1.11. The summed E-state index contributed by atoms with van der Waals surface area (Å²) in [5.41, 5.74) is 3.35. The number of hydrogen-bond acceptors (Lipinski definition) is 8. The number of pyridine rings is 1. The molecule has 0 bridgehead atoms. The van der Waals surface area contributed by atoms with Gasteiger partial charge in [0.25, 0.3) is 5.91 Å². The molecule has 0 radical (unpaired) electrons. The van der Waals surface area contributed by atoms with E-state index in [0.29, 0.717) is 16.1 Å². The van der Waals surface area contributed by atoms with Gasteiger partial charge in [-0.15, -0.1) is 11.3 Å². The van der Waals surface area contributed by atoms with Crippen LogP contribution in [0.25, 0.3) is 10.6 Å². The van der Waals surface area contributed by atoms with Gasteiger partial charge < -0.3 is 20.0 Å². The van der Waals surface area contributed by atoms with Crippen LogP contribution >= 0.6 is 11.3 Å². The minimum absolute atomic E-state index is 0.00600. The molecular formula is C28H32FN7OS. The number of amides is 1. The Morgan fingerprint density at radius 3 is 2.55 bits per heavy atom. The number of carbonyl (C=O) groups excluding carboxylic acids is 1. The van der Waals surface area contributed by atoms with Crippen LogP contribution < -0.4 is 10.2 Å². The molecule has 1 amide bonds. The van der Waals surface area contributed by atoms with Crippen molar-refractivity contribution < 1.29 is 9.18 Å². The van der Waals surface area contributed by atoms with Crippen molar-refractivity contribution in [1.82, 2.24) is 24.8 Å². The third-order valence-electron chi connectivity index (χ3n) is 8.97. The largest absolute Gasteiger partial charge is 0.369 e. The molecule has 1 aliphatic carbocycles. The fraction of sp³-hybridized carbons (Fsp3) is 0.500. The van der Waals surface area contributed by atoms with E-state index in [0.717, 1.165) is 67.1 Å². The number of fused-ring (bicyclic) bond motifs is 2. The van der Waals surface area contributed by atoms with Crippen molar-refractivity contribution >= 4 is 34.7 Å². The van der Waals surface area contributed by atoms with Crippen LogP contribution in [0.3, 0.4) is 0 Å². The SMILES string of the molecule is CCN1CC2(C1)CN(c1ccc(Nc3ncc(F)c(-c4sc5c(c4C)C(=O)N(C)CC54CCC4)n3)nc1)C2. The molecule has 2 saturated heterocycles. The number of thiophene rings is 1. The summed E-state index contributed by atoms with van der Waals surface area (Å²) in [6.45, 7) is 10.5. The monoisotopic (exact) mass is 533 g/mol. The van der Waals surface area contributed by atoms with Gasteiger partial charge in [-0.3, -0.25) is 4.79 Å². The maximum Gasteiger partial charge on any atom is 0.255 e. The number of likely N-dealkylation sites (tertiary alicyclic amines) is 1. The number of likely N-dealkylation sites (N-methyl/N-ethyl adjacent to an activating group) is 1. The summed E-state index contributed by atoms with van der Waals surface area (Å²) in [7, 11) is 1.86. The van der Waals surface area contributed by atoms with Crippen LogP contribution in [0, 0.1) is 18.2 Å². The molecule has 0 aromatic carbocycles. The first kappa shape index (κ1) is 24.0. The third-order valence-corrected chi connectivity index (χ3v) is 10.5. The number of halogens is 1. The Bertz CT molecular complexity index is 1420. The number of nitrogens with one attached hydrogen (secondary N) is 1. The van der Waals surface area contributed by atoms with Gasteiger partial charge in [-0.2, -0.15) is 0 Å². The van der Waals surface area contributed by atoms with E-state index in [4.69, 9.17) is 0 Å². The third kappa shape index (κ3) is 3.56. The zero-order valence-electron chi connectivity index (χ0n) is 22.1. The van der Waals surface area contributed by atoms with E-state index < -0.39 is 5.82 Å². The molecule has 2 spiro atoms. The second-order valence-electron chi connectivity index (χ2n) is 11.6. The highest BCUT2D eigenvalue weighted by molar-refractivity contribution is 7.16. The average Bonchev–Trinajstić information content (AvgIpc) is 3.18. The summed E-state index contributed by atoms with van der Waals surface area (Å²) in [5.74, 6) is 0.414. The lowest BCUT2D eigenvalue weighted by Crippen LogP contribution is -2.72. The smallest absolute Gasteiger partial charge is 0.255 e. The summed E-state index contributed by atoms with van der Waals surface area (Å²) in [4.78, 5) is 34.8. The number of anilines is 3. The number of rotatable bonds is 5. The van der Waals surface area contributed by atoms with Crippen molar-refractivity contribution in [3.05, 3.63) is 46.3 Å². The Morgan fingerprint density at radius 1 is 1.11 bits per heavy atom. The minimum Gasteiger partial charge on any atom is -0.369 e. The van der Waals surface area contributed by atoms with Gasteiger partial charge in [0.2, 0.25) is 5.95 Å². The van der Waals surface area contributed by atoms with Crippen LogP contribution in [-0.4, -0.2) is 77.0 Å². The highest BCUT2D eigenvalue weighted by atomic mass is 32.1. The first-order chi connectivity index (χ1) is 18.3. The van der Waals surface area contributed by atoms with E-state index in [1.54, 1.807) is 0 Å². The number of hydrogen-bond donors (Lipinski definition) is 1. The number of carbonyl (C=O) groups is 1. The summed E-state index contributed by atoms with van der Waals surface area (Å²) >= 11 is 1.53. The Morgan fingerprint density at radius 2 is 1.89 bits per heavy atom. The quantitative estimate of drug-likeness (QED) is 0.520. The maximum atomic E-state index is 15.1. The lowest BCUT2D eigenvalue weighted by molar-refractivity contribution is -0.0178. The number of aromatic nitrogens is 3. The van der Waals surface area contributed by atoms with Gasteiger partial charge in [0, 0.05) is 55.5 Å². The van der Waals surface area contributed by atoms with Crippen LogP contribution in [0.5, 0.6) is 0 Å². The molecule has 38 heavy (non-hydrogen) atoms. The Kier molecular flexibility index (Phi) is 5.33. The summed E-state index contributed by atoms with van der Waals surface area (Å²) < 4.78 is 15.1. The van der Waals surface area contributed by atoms with E-state index in [-0.39, 0.29) is 23.0 Å². The fourth-order valence-electron chi connectivity index (χ4n) is 6.77. The van der Waals surface area contributed by atoms with E-state index in [9.17, 15) is 4.79 Å². The summed E-state index contributed by atoms with van der Waals surface area (Å²) in [5, 5.41) is 3.14. The van der Waals surface area contributed by atoms with E-state index in [2.05, 4.69) is 43.1 Å². The zero-order chi connectivity index (χ0) is 26.2. The molecule has 3 aromatic heterocycles. The topological polar surface area (TPSA) is 77.5 Å². The van der Waals surface area contributed by atoms with Crippen LogP contribution in [0.15, 0.2) is 24.5 Å². The Hall–Kier alpha value is -3.11. The summed E-state index contributed by atoms with van der Waals surface area (Å²) in [6, 6.07) is 3.97. The van der Waals surface area contributed by atoms with Crippen molar-refractivity contribution in [2.45, 2.75) is 38.5 Å². The molecule has 4 aliphatic rings. The molecule has 198 valence electrons. The zero-order valence-corrected chi connectivity index (χ0v) is 22.9. The second-order valence-corrected chi connectivity index (χ2v) is 12.7. The molecule has 10 heteroatoms. The van der Waals surface area contributed by atoms with Crippen molar-refractivity contribution in [2.75, 3.05) is 56.5 Å². The highest BCUT2D eigenvalue weighted by Crippen LogP contribution is 2.53. The average molecular weight is 534 g/mol. The second kappa shape index (κ2) is 8.44. The standard InChI is InChI=1S/C28H32FN7OS/c1-4-35-12-27(13-35)14-36(15-27)18-6-7-20(30-10-18)32-26-31-11-19(29)22(33-26)23-17(2)21-24(38-23)28(8-5-9-28)16-34(3)25(21)37/h6-7,10-11H,4-5,8-9,12-16H2,1-3H3,(H,30,31,32,33). The van der Waals surface area contributed by atoms with Gasteiger partial charge in [-0.25, -0.2) is 19.3 Å². The van der Waals surface area contributed by atoms with Crippen molar-refractivity contribution in [2.24, 2.45) is 5.41 Å². The van der Waals surface area contributed by atoms with Gasteiger partial charge in [0.1, 0.15) is 11.5 Å². The van der Waals surface area contributed by atoms with Crippen molar-refractivity contribution in [1.29, 1.82) is 0 Å². The molecular weight excluding hydrogens is 501 g/mol. The van der Waals surface area contributed by atoms with Gasteiger partial charge in [0.15, 0.2) is 5.82 Å². The van der Waals surface area contributed by atoms with Gasteiger partial charge >= 0.3 is 0 Å². The maximum absolute atomic E-state index is 15.1. The molecule has 0 unspecified atom stereocenters. The Labute approximate surface area is 225 Å². The molecule has 3 fully saturated rings. The molecule has 7 rings (SSSR count). The van der Waals surface area contributed by atoms with Crippen LogP contribution in [0.4, 0.5) is 21.8 Å². The molecule has 6 heterocycles. The lowest BCUT2D eigenvalue weighted by Gasteiger charge is -2.61. The first-order valence-corrected chi connectivity index (χ1v) is 14.2.